The van der Waals surface area contributed by atoms with Gasteiger partial charge in [0.05, 0.1) is 11.4 Å². The molecule has 4 heteroatoms. The first-order chi connectivity index (χ1) is 32.2. The van der Waals surface area contributed by atoms with E-state index in [-0.39, 0.29) is 0 Å². The van der Waals surface area contributed by atoms with E-state index in [0.29, 0.717) is 0 Å². The molecule has 0 saturated heterocycles. The van der Waals surface area contributed by atoms with Crippen LogP contribution < -0.4 is 9.80 Å². The molecule has 12 aromatic rings. The monoisotopic (exact) mass is 850 g/mol. The van der Waals surface area contributed by atoms with Crippen molar-refractivity contribution in [2.45, 2.75) is 41.5 Å². The van der Waals surface area contributed by atoms with Gasteiger partial charge < -0.3 is 18.6 Å². The predicted molar refractivity (Wildman–Crippen MR) is 278 cm³/mol. The van der Waals surface area contributed by atoms with E-state index in [0.717, 1.165) is 89.1 Å². The van der Waals surface area contributed by atoms with Crippen LogP contribution in [0.1, 0.15) is 33.4 Å². The summed E-state index contributed by atoms with van der Waals surface area (Å²) in [5, 5.41) is 9.34. The molecule has 4 nitrogen and oxygen atoms in total. The molecular formula is C62H46N2O2. The summed E-state index contributed by atoms with van der Waals surface area (Å²) in [5.74, 6) is 0. The van der Waals surface area contributed by atoms with Crippen molar-refractivity contribution in [2.75, 3.05) is 9.80 Å². The van der Waals surface area contributed by atoms with Gasteiger partial charge >= 0.3 is 0 Å². The van der Waals surface area contributed by atoms with Gasteiger partial charge in [0.15, 0.2) is 11.2 Å². The van der Waals surface area contributed by atoms with Crippen LogP contribution in [0.25, 0.3) is 87.7 Å². The lowest BCUT2D eigenvalue weighted by molar-refractivity contribution is 0.668. The maximum absolute atomic E-state index is 6.72. The van der Waals surface area contributed by atoms with Gasteiger partial charge in [0.1, 0.15) is 11.2 Å². The standard InChI is InChI=1S/C62H46N2O2/c1-35-15-17-37(3)55(27-35)63(59-39(5)19-25-49-47-11-7-9-13-57(47)65-61(49)59)45-23-21-41-31-51-53(33-43(41)29-45)52-32-42-22-24-46(30-44(42)34-54(51)52)64(56-28-36(2)16-18-38(56)4)60-40(6)20-26-50-48-12-8-10-14-58(48)66-62(50)60/h7-34H,1-6H3. The maximum Gasteiger partial charge on any atom is 0.159 e. The molecule has 0 radical (unpaired) electrons. The van der Waals surface area contributed by atoms with Gasteiger partial charge in [0.25, 0.3) is 0 Å². The Kier molecular flexibility index (Phi) is 8.26. The lowest BCUT2D eigenvalue weighted by Crippen LogP contribution is -2.13. The van der Waals surface area contributed by atoms with E-state index in [9.17, 15) is 0 Å². The summed E-state index contributed by atoms with van der Waals surface area (Å²) in [4.78, 5) is 4.83. The molecule has 2 heterocycles. The zero-order chi connectivity index (χ0) is 44.5. The lowest BCUT2D eigenvalue weighted by atomic mass is 9.78. The molecule has 0 amide bonds. The quantitative estimate of drug-likeness (QED) is 0.167. The number of hydrogen-bond donors (Lipinski definition) is 0. The van der Waals surface area contributed by atoms with Crippen LogP contribution in [0, 0.1) is 41.5 Å². The van der Waals surface area contributed by atoms with Crippen molar-refractivity contribution in [2.24, 2.45) is 0 Å². The van der Waals surface area contributed by atoms with Gasteiger partial charge in [-0.2, -0.15) is 0 Å². The Hall–Kier alpha value is -8.08. The molecule has 0 atom stereocenters. The molecule has 0 saturated carbocycles. The zero-order valence-corrected chi connectivity index (χ0v) is 37.9. The number of benzene rings is 10. The third-order valence-electron chi connectivity index (χ3n) is 14.1. The van der Waals surface area contributed by atoms with Gasteiger partial charge in [-0.25, -0.2) is 0 Å². The molecule has 2 aromatic heterocycles. The van der Waals surface area contributed by atoms with E-state index in [2.05, 4.69) is 209 Å². The van der Waals surface area contributed by atoms with E-state index < -0.39 is 0 Å². The van der Waals surface area contributed by atoms with Crippen molar-refractivity contribution in [3.63, 3.8) is 0 Å². The van der Waals surface area contributed by atoms with Crippen molar-refractivity contribution in [1.29, 1.82) is 0 Å². The van der Waals surface area contributed by atoms with Gasteiger partial charge in [-0.3, -0.25) is 0 Å². The second kappa shape index (κ2) is 14.2. The van der Waals surface area contributed by atoms with Gasteiger partial charge in [-0.15, -0.1) is 0 Å². The van der Waals surface area contributed by atoms with E-state index in [1.165, 1.54) is 66.1 Å². The first kappa shape index (κ1) is 38.4. The number of anilines is 6. The average Bonchev–Trinajstić information content (AvgIpc) is 3.90. The minimum absolute atomic E-state index is 0.898. The average molecular weight is 851 g/mol. The Morgan fingerprint density at radius 1 is 0.318 bits per heavy atom. The van der Waals surface area contributed by atoms with E-state index in [4.69, 9.17) is 8.83 Å². The van der Waals surface area contributed by atoms with Gasteiger partial charge in [0, 0.05) is 44.3 Å². The SMILES string of the molecule is Cc1ccc(C)c(N(c2ccc3cc4c(cc3c2)-c2cc3ccc(N(c5cc(C)ccc5C)c5c(C)ccc6c5oc5ccccc56)cc3cc2-4)c2c(C)ccc3c2oc2ccccc23)c1. The smallest absolute Gasteiger partial charge is 0.159 e. The second-order valence-corrected chi connectivity index (χ2v) is 18.5. The number of para-hydroxylation sites is 2. The molecule has 13 rings (SSSR count). The molecule has 0 N–H and O–H groups in total. The van der Waals surface area contributed by atoms with Crippen molar-refractivity contribution in [1.82, 2.24) is 0 Å². The summed E-state index contributed by atoms with van der Waals surface area (Å²) in [7, 11) is 0. The van der Waals surface area contributed by atoms with Crippen LogP contribution in [0.4, 0.5) is 34.1 Å². The Morgan fingerprint density at radius 3 is 1.15 bits per heavy atom. The Balaban J connectivity index is 0.940. The van der Waals surface area contributed by atoms with Crippen LogP contribution in [0.5, 0.6) is 0 Å². The number of nitrogens with zero attached hydrogens (tertiary/aromatic N) is 2. The van der Waals surface area contributed by atoms with Crippen LogP contribution in [0.3, 0.4) is 0 Å². The summed E-state index contributed by atoms with van der Waals surface area (Å²) in [5.41, 5.74) is 22.5. The fourth-order valence-corrected chi connectivity index (χ4v) is 10.7. The lowest BCUT2D eigenvalue weighted by Gasteiger charge is -2.30. The highest BCUT2D eigenvalue weighted by molar-refractivity contribution is 6.15. The number of fused-ring (bicyclic) bond motifs is 12. The third-order valence-corrected chi connectivity index (χ3v) is 14.1. The van der Waals surface area contributed by atoms with Crippen LogP contribution in [0.2, 0.25) is 0 Å². The Labute approximate surface area is 383 Å². The van der Waals surface area contributed by atoms with Gasteiger partial charge in [-0.05, 0) is 192 Å². The number of hydrogen-bond acceptors (Lipinski definition) is 4. The molecule has 0 unspecified atom stereocenters. The van der Waals surface area contributed by atoms with Crippen LogP contribution in [0.15, 0.2) is 179 Å². The second-order valence-electron chi connectivity index (χ2n) is 18.5. The summed E-state index contributed by atoms with van der Waals surface area (Å²) < 4.78 is 13.4. The maximum atomic E-state index is 6.72. The summed E-state index contributed by atoms with van der Waals surface area (Å²) in [6.07, 6.45) is 0. The molecule has 10 aromatic carbocycles. The highest BCUT2D eigenvalue weighted by Gasteiger charge is 2.28. The highest BCUT2D eigenvalue weighted by atomic mass is 16.3. The van der Waals surface area contributed by atoms with Crippen molar-refractivity contribution >= 4 is 99.5 Å². The molecule has 66 heavy (non-hydrogen) atoms. The molecule has 316 valence electrons. The Bertz CT molecular complexity index is 3760. The first-order valence-corrected chi connectivity index (χ1v) is 22.9. The molecule has 1 aliphatic rings. The largest absolute Gasteiger partial charge is 0.454 e. The minimum atomic E-state index is 0.898. The van der Waals surface area contributed by atoms with Crippen LogP contribution in [-0.4, -0.2) is 0 Å². The van der Waals surface area contributed by atoms with Crippen molar-refractivity contribution < 1.29 is 8.83 Å². The molecular weight excluding hydrogens is 805 g/mol. The molecule has 0 aliphatic heterocycles. The molecule has 0 bridgehead atoms. The number of rotatable bonds is 6. The summed E-state index contributed by atoms with van der Waals surface area (Å²) in [6, 6.07) is 62.4. The minimum Gasteiger partial charge on any atom is -0.454 e. The van der Waals surface area contributed by atoms with Gasteiger partial charge in [-0.1, -0.05) is 97.1 Å². The highest BCUT2D eigenvalue weighted by Crippen LogP contribution is 2.53. The molecule has 0 spiro atoms. The van der Waals surface area contributed by atoms with E-state index in [1.807, 2.05) is 12.1 Å². The first-order valence-electron chi connectivity index (χ1n) is 22.9. The van der Waals surface area contributed by atoms with Crippen molar-refractivity contribution in [3.8, 4) is 22.3 Å². The third kappa shape index (κ3) is 5.71. The molecule has 1 aliphatic carbocycles. The fraction of sp³-hybridized carbons (Fsp3) is 0.0968. The van der Waals surface area contributed by atoms with Crippen molar-refractivity contribution in [3.05, 3.63) is 203 Å². The normalized spacial score (nSPS) is 12.1. The van der Waals surface area contributed by atoms with E-state index >= 15 is 0 Å². The van der Waals surface area contributed by atoms with Gasteiger partial charge in [0.2, 0.25) is 0 Å². The van der Waals surface area contributed by atoms with E-state index in [1.54, 1.807) is 0 Å². The summed E-state index contributed by atoms with van der Waals surface area (Å²) >= 11 is 0. The fourth-order valence-electron chi connectivity index (χ4n) is 10.7. The molecule has 0 fully saturated rings. The summed E-state index contributed by atoms with van der Waals surface area (Å²) in [6.45, 7) is 13.1. The topological polar surface area (TPSA) is 32.8 Å². The zero-order valence-electron chi connectivity index (χ0n) is 37.9. The Morgan fingerprint density at radius 2 is 0.712 bits per heavy atom. The van der Waals surface area contributed by atoms with Crippen LogP contribution >= 0.6 is 0 Å². The number of furan rings is 2. The number of aryl methyl sites for hydroxylation is 6. The predicted octanol–water partition coefficient (Wildman–Crippen LogP) is 18.2. The van der Waals surface area contributed by atoms with Crippen LogP contribution in [-0.2, 0) is 0 Å².